The van der Waals surface area contributed by atoms with Gasteiger partial charge < -0.3 is 5.73 Å². The molecule has 2 aromatic carbocycles. The first-order chi connectivity index (χ1) is 13.4. The smallest absolute Gasteiger partial charge is 0.385 e. The maximum Gasteiger partial charge on any atom is 0.416 e. The van der Waals surface area contributed by atoms with Crippen LogP contribution in [0.5, 0.6) is 0 Å². The molecule has 0 spiro atoms. The predicted octanol–water partition coefficient (Wildman–Crippen LogP) is 3.61. The maximum atomic E-state index is 13.0. The summed E-state index contributed by atoms with van der Waals surface area (Å²) in [6.45, 7) is 0. The van der Waals surface area contributed by atoms with E-state index < -0.39 is 46.2 Å². The molecule has 0 saturated carbocycles. The van der Waals surface area contributed by atoms with Crippen molar-refractivity contribution < 1.29 is 26.3 Å². The first-order valence-electron chi connectivity index (χ1n) is 7.89. The van der Waals surface area contributed by atoms with Crippen LogP contribution in [0.1, 0.15) is 11.1 Å². The molecule has 1 heterocycles. The Morgan fingerprint density at radius 3 is 1.59 bits per heavy atom. The molecule has 3 rings (SSSR count). The number of hydrogen-bond acceptors (Lipinski definition) is 3. The highest BCUT2D eigenvalue weighted by Crippen LogP contribution is 2.31. The number of aromatic nitrogens is 2. The van der Waals surface area contributed by atoms with Gasteiger partial charge in [-0.25, -0.2) is 13.9 Å². The third kappa shape index (κ3) is 3.89. The van der Waals surface area contributed by atoms with Gasteiger partial charge >= 0.3 is 18.0 Å². The Morgan fingerprint density at radius 2 is 1.14 bits per heavy atom. The van der Waals surface area contributed by atoms with Crippen molar-refractivity contribution in [3.63, 3.8) is 0 Å². The average molecular weight is 415 g/mol. The number of nitrogens with two attached hydrogens (primary N) is 1. The molecule has 152 valence electrons. The summed E-state index contributed by atoms with van der Waals surface area (Å²) in [5.41, 5.74) is 0.513. The summed E-state index contributed by atoms with van der Waals surface area (Å²) < 4.78 is 78.8. The zero-order valence-corrected chi connectivity index (χ0v) is 14.3. The van der Waals surface area contributed by atoms with Crippen LogP contribution in [0.4, 0.5) is 32.2 Å². The number of rotatable bonds is 2. The molecule has 11 heteroatoms. The number of halogens is 6. The van der Waals surface area contributed by atoms with Crippen molar-refractivity contribution in [1.29, 1.82) is 0 Å². The number of hydrogen-bond donors (Lipinski definition) is 1. The van der Waals surface area contributed by atoms with E-state index in [4.69, 9.17) is 5.73 Å². The number of benzene rings is 2. The third-order valence-electron chi connectivity index (χ3n) is 4.00. The van der Waals surface area contributed by atoms with Gasteiger partial charge in [-0.2, -0.15) is 26.3 Å². The molecule has 5 nitrogen and oxygen atoms in total. The molecule has 0 fully saturated rings. The van der Waals surface area contributed by atoms with E-state index in [1.54, 1.807) is 0 Å². The molecule has 1 aromatic heterocycles. The fourth-order valence-corrected chi connectivity index (χ4v) is 2.70. The minimum atomic E-state index is -4.73. The summed E-state index contributed by atoms with van der Waals surface area (Å²) >= 11 is 0. The lowest BCUT2D eigenvalue weighted by Crippen LogP contribution is -2.39. The van der Waals surface area contributed by atoms with Crippen LogP contribution >= 0.6 is 0 Å². The zero-order valence-electron chi connectivity index (χ0n) is 14.3. The van der Waals surface area contributed by atoms with E-state index in [1.807, 2.05) is 0 Å². The van der Waals surface area contributed by atoms with E-state index in [1.165, 1.54) is 0 Å². The lowest BCUT2D eigenvalue weighted by Gasteiger charge is -2.15. The molecule has 0 aliphatic heterocycles. The Hall–Kier alpha value is -3.50. The van der Waals surface area contributed by atoms with Gasteiger partial charge in [-0.1, -0.05) is 12.1 Å². The maximum absolute atomic E-state index is 13.0. The van der Waals surface area contributed by atoms with Crippen LogP contribution in [0, 0.1) is 0 Å². The number of anilines is 1. The summed E-state index contributed by atoms with van der Waals surface area (Å²) in [5.74, 6) is -0.470. The Morgan fingerprint density at radius 1 is 0.690 bits per heavy atom. The van der Waals surface area contributed by atoms with Crippen molar-refractivity contribution in [2.75, 3.05) is 5.73 Å². The minimum Gasteiger partial charge on any atom is -0.385 e. The quantitative estimate of drug-likeness (QED) is 0.651. The number of nitrogens with zero attached hydrogens (tertiary/aromatic N) is 2. The van der Waals surface area contributed by atoms with E-state index in [9.17, 15) is 35.9 Å². The van der Waals surface area contributed by atoms with Gasteiger partial charge in [-0.05, 0) is 36.4 Å². The van der Waals surface area contributed by atoms with Gasteiger partial charge in [-0.15, -0.1) is 0 Å². The summed E-state index contributed by atoms with van der Waals surface area (Å²) in [7, 11) is 0. The standard InChI is InChI=1S/C18H11F6N3O2/c19-17(20,21)10-3-1-5-12(7-10)26-14(25)9-15(28)27(16(26)29)13-6-2-4-11(8-13)18(22,23)24/h1-9H,25H2. The van der Waals surface area contributed by atoms with Gasteiger partial charge in [0.2, 0.25) is 0 Å². The van der Waals surface area contributed by atoms with Crippen molar-refractivity contribution in [2.45, 2.75) is 12.4 Å². The van der Waals surface area contributed by atoms with Crippen molar-refractivity contribution in [1.82, 2.24) is 9.13 Å². The molecule has 0 aliphatic rings. The highest BCUT2D eigenvalue weighted by Gasteiger charge is 2.32. The molecule has 0 radical (unpaired) electrons. The molecule has 0 unspecified atom stereocenters. The molecule has 29 heavy (non-hydrogen) atoms. The van der Waals surface area contributed by atoms with E-state index in [0.29, 0.717) is 21.3 Å². The summed E-state index contributed by atoms with van der Waals surface area (Å²) in [6.07, 6.45) is -9.43. The van der Waals surface area contributed by atoms with Crippen LogP contribution in [-0.4, -0.2) is 9.13 Å². The topological polar surface area (TPSA) is 70.0 Å². The highest BCUT2D eigenvalue weighted by molar-refractivity contribution is 5.46. The van der Waals surface area contributed by atoms with Crippen molar-refractivity contribution >= 4 is 5.82 Å². The molecule has 0 amide bonds. The largest absolute Gasteiger partial charge is 0.416 e. The van der Waals surface area contributed by atoms with Gasteiger partial charge in [0.05, 0.1) is 22.5 Å². The zero-order chi connectivity index (χ0) is 21.6. The molecule has 0 aliphatic carbocycles. The van der Waals surface area contributed by atoms with Crippen LogP contribution < -0.4 is 17.0 Å². The van der Waals surface area contributed by atoms with Crippen LogP contribution in [0.2, 0.25) is 0 Å². The normalized spacial score (nSPS) is 12.2. The first-order valence-corrected chi connectivity index (χ1v) is 7.89. The first kappa shape index (κ1) is 20.2. The van der Waals surface area contributed by atoms with Crippen LogP contribution in [0.25, 0.3) is 11.4 Å². The SMILES string of the molecule is Nc1cc(=O)n(-c2cccc(C(F)(F)F)c2)c(=O)n1-c1cccc(C(F)(F)F)c1. The molecule has 0 bridgehead atoms. The van der Waals surface area contributed by atoms with Gasteiger partial charge in [0, 0.05) is 6.07 Å². The number of nitrogen functional groups attached to an aromatic ring is 1. The summed E-state index contributed by atoms with van der Waals surface area (Å²) in [5, 5.41) is 0. The van der Waals surface area contributed by atoms with Crippen molar-refractivity contribution in [3.05, 3.63) is 86.6 Å². The Balaban J connectivity index is 2.27. The monoisotopic (exact) mass is 415 g/mol. The molecular weight excluding hydrogens is 404 g/mol. The molecule has 0 atom stereocenters. The Kier molecular flexibility index (Phi) is 4.77. The lowest BCUT2D eigenvalue weighted by molar-refractivity contribution is -0.138. The van der Waals surface area contributed by atoms with Crippen LogP contribution in [0.3, 0.4) is 0 Å². The van der Waals surface area contributed by atoms with Gasteiger partial charge in [0.25, 0.3) is 5.56 Å². The van der Waals surface area contributed by atoms with E-state index in [-0.39, 0.29) is 5.69 Å². The van der Waals surface area contributed by atoms with Gasteiger partial charge in [-0.3, -0.25) is 4.79 Å². The summed E-state index contributed by atoms with van der Waals surface area (Å²) in [6, 6.07) is 7.73. The minimum absolute atomic E-state index is 0.303. The Bertz CT molecular complexity index is 1190. The van der Waals surface area contributed by atoms with Gasteiger partial charge in [0.15, 0.2) is 0 Å². The fraction of sp³-hybridized carbons (Fsp3) is 0.111. The highest BCUT2D eigenvalue weighted by atomic mass is 19.4. The predicted molar refractivity (Wildman–Crippen MR) is 92.1 cm³/mol. The van der Waals surface area contributed by atoms with Crippen molar-refractivity contribution in [2.24, 2.45) is 0 Å². The molecule has 0 saturated heterocycles. The van der Waals surface area contributed by atoms with E-state index >= 15 is 0 Å². The second-order valence-corrected chi connectivity index (χ2v) is 5.96. The lowest BCUT2D eigenvalue weighted by atomic mass is 10.2. The van der Waals surface area contributed by atoms with E-state index in [0.717, 1.165) is 42.5 Å². The molecular formula is C18H11F6N3O2. The fourth-order valence-electron chi connectivity index (χ4n) is 2.70. The summed E-state index contributed by atoms with van der Waals surface area (Å²) in [4.78, 5) is 25.1. The average Bonchev–Trinajstić information content (AvgIpc) is 2.60. The second kappa shape index (κ2) is 6.83. The Labute approximate surface area is 158 Å². The molecule has 3 aromatic rings. The molecule has 2 N–H and O–H groups in total. The second-order valence-electron chi connectivity index (χ2n) is 5.96. The van der Waals surface area contributed by atoms with Crippen LogP contribution in [0.15, 0.2) is 64.2 Å². The van der Waals surface area contributed by atoms with Crippen LogP contribution in [-0.2, 0) is 12.4 Å². The third-order valence-corrected chi connectivity index (χ3v) is 4.00. The van der Waals surface area contributed by atoms with E-state index in [2.05, 4.69) is 0 Å². The van der Waals surface area contributed by atoms with Gasteiger partial charge in [0.1, 0.15) is 5.82 Å². The number of alkyl halides is 6. The van der Waals surface area contributed by atoms with Crippen molar-refractivity contribution in [3.8, 4) is 11.4 Å².